The molecule has 0 spiro atoms. The van der Waals surface area contributed by atoms with Crippen LogP contribution in [0.25, 0.3) is 11.1 Å². The summed E-state index contributed by atoms with van der Waals surface area (Å²) in [5, 5.41) is 0. The predicted molar refractivity (Wildman–Crippen MR) is 101 cm³/mol. The Morgan fingerprint density at radius 1 is 1.00 bits per heavy atom. The van der Waals surface area contributed by atoms with Gasteiger partial charge in [-0.05, 0) is 48.6 Å². The summed E-state index contributed by atoms with van der Waals surface area (Å²) < 4.78 is 0. The third kappa shape index (κ3) is 3.65. The van der Waals surface area contributed by atoms with Crippen molar-refractivity contribution in [2.75, 3.05) is 6.54 Å². The molecule has 0 N–H and O–H groups in total. The number of nitrogens with zero attached hydrogens (tertiary/aromatic N) is 1. The average molecular weight is 335 g/mol. The van der Waals surface area contributed by atoms with Crippen molar-refractivity contribution in [3.05, 3.63) is 59.7 Å². The third-order valence-corrected chi connectivity index (χ3v) is 5.08. The van der Waals surface area contributed by atoms with Crippen LogP contribution in [0.5, 0.6) is 0 Å². The number of rotatable bonds is 5. The first-order valence-corrected chi connectivity index (χ1v) is 9.18. The lowest BCUT2D eigenvalue weighted by molar-refractivity contribution is 0.0733. The van der Waals surface area contributed by atoms with Gasteiger partial charge in [0.05, 0.1) is 0 Å². The first kappa shape index (κ1) is 17.4. The lowest BCUT2D eigenvalue weighted by Gasteiger charge is -2.23. The smallest absolute Gasteiger partial charge is 0.254 e. The van der Waals surface area contributed by atoms with E-state index in [1.807, 2.05) is 60.4 Å². The number of benzene rings is 2. The molecule has 1 atom stereocenters. The van der Waals surface area contributed by atoms with E-state index < -0.39 is 0 Å². The maximum Gasteiger partial charge on any atom is 0.254 e. The van der Waals surface area contributed by atoms with Gasteiger partial charge < -0.3 is 4.90 Å². The number of ketones is 1. The zero-order valence-electron chi connectivity index (χ0n) is 15.0. The molecule has 25 heavy (non-hydrogen) atoms. The van der Waals surface area contributed by atoms with Crippen molar-refractivity contribution >= 4 is 11.7 Å². The Morgan fingerprint density at radius 3 is 2.44 bits per heavy atom. The molecule has 3 rings (SSSR count). The SMILES string of the molecule is CCC(=O)c1cccc(-c2ccc(C(=O)N3CCC[C@@H]3CC)cc2)c1. The lowest BCUT2D eigenvalue weighted by Crippen LogP contribution is -2.35. The zero-order chi connectivity index (χ0) is 17.8. The van der Waals surface area contributed by atoms with Gasteiger partial charge in [0.15, 0.2) is 5.78 Å². The van der Waals surface area contributed by atoms with Gasteiger partial charge in [-0.3, -0.25) is 9.59 Å². The molecule has 1 saturated heterocycles. The molecule has 1 aliphatic heterocycles. The van der Waals surface area contributed by atoms with Crippen LogP contribution in [0.2, 0.25) is 0 Å². The van der Waals surface area contributed by atoms with Crippen LogP contribution in [0, 0.1) is 0 Å². The summed E-state index contributed by atoms with van der Waals surface area (Å²) in [5.41, 5.74) is 3.51. The molecule has 0 bridgehead atoms. The van der Waals surface area contributed by atoms with Crippen molar-refractivity contribution in [3.8, 4) is 11.1 Å². The molecule has 1 fully saturated rings. The van der Waals surface area contributed by atoms with E-state index in [9.17, 15) is 9.59 Å². The minimum Gasteiger partial charge on any atom is -0.336 e. The molecule has 2 aromatic carbocycles. The topological polar surface area (TPSA) is 37.4 Å². The molecule has 3 nitrogen and oxygen atoms in total. The normalized spacial score (nSPS) is 16.9. The fraction of sp³-hybridized carbons (Fsp3) is 0.364. The van der Waals surface area contributed by atoms with E-state index >= 15 is 0 Å². The summed E-state index contributed by atoms with van der Waals surface area (Å²) in [7, 11) is 0. The quantitative estimate of drug-likeness (QED) is 0.724. The van der Waals surface area contributed by atoms with Gasteiger partial charge >= 0.3 is 0 Å². The number of amides is 1. The van der Waals surface area contributed by atoms with Crippen molar-refractivity contribution in [3.63, 3.8) is 0 Å². The molecule has 1 heterocycles. The average Bonchev–Trinajstić information content (AvgIpc) is 3.15. The van der Waals surface area contributed by atoms with E-state index in [1.54, 1.807) is 0 Å². The molecule has 130 valence electrons. The predicted octanol–water partition coefficient (Wildman–Crippen LogP) is 4.96. The van der Waals surface area contributed by atoms with Crippen molar-refractivity contribution in [2.45, 2.75) is 45.6 Å². The first-order chi connectivity index (χ1) is 12.1. The van der Waals surface area contributed by atoms with E-state index in [-0.39, 0.29) is 11.7 Å². The van der Waals surface area contributed by atoms with Crippen LogP contribution in [-0.2, 0) is 0 Å². The summed E-state index contributed by atoms with van der Waals surface area (Å²) in [6.45, 7) is 4.88. The van der Waals surface area contributed by atoms with Crippen LogP contribution in [-0.4, -0.2) is 29.2 Å². The number of Topliss-reactive ketones (excluding diaryl/α,β-unsaturated/α-hetero) is 1. The number of likely N-dealkylation sites (tertiary alicyclic amines) is 1. The highest BCUT2D eigenvalue weighted by molar-refractivity contribution is 5.97. The molecular weight excluding hydrogens is 310 g/mol. The number of hydrogen-bond acceptors (Lipinski definition) is 2. The minimum atomic E-state index is 0.130. The molecule has 0 aromatic heterocycles. The van der Waals surface area contributed by atoms with E-state index in [0.29, 0.717) is 12.5 Å². The summed E-state index contributed by atoms with van der Waals surface area (Å²) >= 11 is 0. The van der Waals surface area contributed by atoms with Gasteiger partial charge in [0, 0.05) is 30.1 Å². The summed E-state index contributed by atoms with van der Waals surface area (Å²) in [6, 6.07) is 15.8. The van der Waals surface area contributed by atoms with Gasteiger partial charge in [-0.1, -0.05) is 44.2 Å². The molecule has 0 aliphatic carbocycles. The highest BCUT2D eigenvalue weighted by atomic mass is 16.2. The highest BCUT2D eigenvalue weighted by Crippen LogP contribution is 2.25. The highest BCUT2D eigenvalue weighted by Gasteiger charge is 2.27. The Morgan fingerprint density at radius 2 is 1.76 bits per heavy atom. The maximum atomic E-state index is 12.7. The second kappa shape index (κ2) is 7.64. The standard InChI is InChI=1S/C22H25NO2/c1-3-20-9-6-14-23(20)22(25)17-12-10-16(11-13-17)18-7-5-8-19(15-18)21(24)4-2/h5,7-8,10-13,15,20H,3-4,6,9,14H2,1-2H3/t20-/m0/s1. The first-order valence-electron chi connectivity index (χ1n) is 9.18. The van der Waals surface area contributed by atoms with Gasteiger partial charge in [-0.15, -0.1) is 0 Å². The van der Waals surface area contributed by atoms with Crippen LogP contribution in [0.3, 0.4) is 0 Å². The van der Waals surface area contributed by atoms with Gasteiger partial charge in [0.2, 0.25) is 0 Å². The van der Waals surface area contributed by atoms with Crippen LogP contribution in [0.15, 0.2) is 48.5 Å². The second-order valence-electron chi connectivity index (χ2n) is 6.64. The molecule has 0 radical (unpaired) electrons. The van der Waals surface area contributed by atoms with Gasteiger partial charge in [0.1, 0.15) is 0 Å². The summed E-state index contributed by atoms with van der Waals surface area (Å²) in [5.74, 6) is 0.277. The number of carbonyl (C=O) groups is 2. The second-order valence-corrected chi connectivity index (χ2v) is 6.64. The molecular formula is C22H25NO2. The number of carbonyl (C=O) groups excluding carboxylic acids is 2. The zero-order valence-corrected chi connectivity index (χ0v) is 15.0. The molecule has 1 amide bonds. The Bertz CT molecular complexity index is 764. The van der Waals surface area contributed by atoms with E-state index in [4.69, 9.17) is 0 Å². The van der Waals surface area contributed by atoms with Crippen molar-refractivity contribution in [1.82, 2.24) is 4.90 Å². The third-order valence-electron chi connectivity index (χ3n) is 5.08. The molecule has 1 aliphatic rings. The monoisotopic (exact) mass is 335 g/mol. The van der Waals surface area contributed by atoms with Gasteiger partial charge in [-0.25, -0.2) is 0 Å². The van der Waals surface area contributed by atoms with E-state index in [0.717, 1.165) is 48.1 Å². The maximum absolute atomic E-state index is 12.7. The Labute approximate surface area is 149 Å². The van der Waals surface area contributed by atoms with Gasteiger partial charge in [0.25, 0.3) is 5.91 Å². The van der Waals surface area contributed by atoms with Gasteiger partial charge in [-0.2, -0.15) is 0 Å². The van der Waals surface area contributed by atoms with E-state index in [2.05, 4.69) is 6.92 Å². The Kier molecular flexibility index (Phi) is 5.32. The van der Waals surface area contributed by atoms with Crippen LogP contribution in [0.1, 0.15) is 60.2 Å². The summed E-state index contributed by atoms with van der Waals surface area (Å²) in [6.07, 6.45) is 3.73. The van der Waals surface area contributed by atoms with Crippen molar-refractivity contribution < 1.29 is 9.59 Å². The molecule has 2 aromatic rings. The summed E-state index contributed by atoms with van der Waals surface area (Å²) in [4.78, 5) is 26.6. The molecule has 0 saturated carbocycles. The van der Waals surface area contributed by atoms with E-state index in [1.165, 1.54) is 0 Å². The van der Waals surface area contributed by atoms with Crippen LogP contribution < -0.4 is 0 Å². The van der Waals surface area contributed by atoms with Crippen molar-refractivity contribution in [1.29, 1.82) is 0 Å². The largest absolute Gasteiger partial charge is 0.336 e. The lowest BCUT2D eigenvalue weighted by atomic mass is 9.99. The Balaban J connectivity index is 1.81. The van der Waals surface area contributed by atoms with Crippen LogP contribution in [0.4, 0.5) is 0 Å². The molecule has 0 unspecified atom stereocenters. The molecule has 3 heteroatoms. The minimum absolute atomic E-state index is 0.130. The van der Waals surface area contributed by atoms with Crippen molar-refractivity contribution in [2.24, 2.45) is 0 Å². The Hall–Kier alpha value is -2.42. The fourth-order valence-corrected chi connectivity index (χ4v) is 3.57. The van der Waals surface area contributed by atoms with Crippen LogP contribution >= 0.6 is 0 Å². The number of hydrogen-bond donors (Lipinski definition) is 0. The fourth-order valence-electron chi connectivity index (χ4n) is 3.57.